The molecule has 200 valence electrons. The van der Waals surface area contributed by atoms with Crippen LogP contribution in [-0.4, -0.2) is 57.4 Å². The molecule has 10 heteroatoms. The van der Waals surface area contributed by atoms with Gasteiger partial charge in [0.05, 0.1) is 35.8 Å². The van der Waals surface area contributed by atoms with Crippen molar-refractivity contribution >= 4 is 50.9 Å². The molecule has 2 heterocycles. The van der Waals surface area contributed by atoms with Crippen molar-refractivity contribution in [1.82, 2.24) is 19.9 Å². The maximum Gasteiger partial charge on any atom is 0.255 e. The Balaban J connectivity index is 0.00000195. The number of carbonyl (C=O) groups excluding carboxylic acids is 1. The van der Waals surface area contributed by atoms with Gasteiger partial charge in [0.2, 0.25) is 0 Å². The zero-order valence-electron chi connectivity index (χ0n) is 22.5. The van der Waals surface area contributed by atoms with Crippen molar-refractivity contribution in [3.05, 3.63) is 60.4 Å². The number of hydrogen-bond donors (Lipinski definition) is 2. The molecule has 1 amide bonds. The van der Waals surface area contributed by atoms with Crippen LogP contribution in [0.3, 0.4) is 0 Å². The molecule has 0 saturated carbocycles. The Morgan fingerprint density at radius 1 is 1.05 bits per heavy atom. The molecule has 4 rings (SSSR count). The van der Waals surface area contributed by atoms with Crippen LogP contribution in [0, 0.1) is 0 Å². The van der Waals surface area contributed by atoms with E-state index in [9.17, 15) is 4.79 Å². The molecule has 4 aromatic rings. The van der Waals surface area contributed by atoms with E-state index in [1.54, 1.807) is 44.8 Å². The molecule has 0 aliphatic carbocycles. The minimum atomic E-state index is -0.235. The lowest BCUT2D eigenvalue weighted by atomic mass is 10.2. The van der Waals surface area contributed by atoms with Crippen LogP contribution in [-0.2, 0) is 0 Å². The fourth-order valence-electron chi connectivity index (χ4n) is 3.67. The van der Waals surface area contributed by atoms with Crippen molar-refractivity contribution in [3.8, 4) is 22.9 Å². The molecule has 0 spiro atoms. The van der Waals surface area contributed by atoms with Crippen molar-refractivity contribution in [2.24, 2.45) is 0 Å². The predicted molar refractivity (Wildman–Crippen MR) is 160 cm³/mol. The highest BCUT2D eigenvalue weighted by molar-refractivity contribution is 8.23. The first kappa shape index (κ1) is 28.9. The number of carbonyl (C=O) groups is 1. The number of methoxy groups -OCH3 is 2. The molecule has 38 heavy (non-hydrogen) atoms. The number of rotatable bonds is 8. The highest BCUT2D eigenvalue weighted by Crippen LogP contribution is 2.32. The van der Waals surface area contributed by atoms with Crippen LogP contribution < -0.4 is 14.8 Å². The lowest BCUT2D eigenvalue weighted by molar-refractivity contribution is 0.102. The van der Waals surface area contributed by atoms with Crippen molar-refractivity contribution in [1.29, 1.82) is 0 Å². The van der Waals surface area contributed by atoms with Gasteiger partial charge < -0.3 is 24.7 Å². The number of aromatic amines is 1. The number of nitrogens with one attached hydrogen (secondary N) is 2. The number of benzene rings is 2. The highest BCUT2D eigenvalue weighted by Gasteiger charge is 2.15. The molecule has 0 aliphatic heterocycles. The normalized spacial score (nSPS) is 10.4. The number of hydrogen-bond acceptors (Lipinski definition) is 7. The fourth-order valence-corrected chi connectivity index (χ4v) is 5.12. The van der Waals surface area contributed by atoms with Crippen molar-refractivity contribution < 1.29 is 14.3 Å². The zero-order chi connectivity index (χ0) is 27.7. The number of thioether (sulfide) groups is 1. The van der Waals surface area contributed by atoms with E-state index in [0.717, 1.165) is 38.9 Å². The lowest BCUT2D eigenvalue weighted by Crippen LogP contribution is -2.26. The van der Waals surface area contributed by atoms with Crippen LogP contribution in [0.1, 0.15) is 38.1 Å². The number of amides is 1. The summed E-state index contributed by atoms with van der Waals surface area (Å²) in [5.41, 5.74) is 3.51. The zero-order valence-corrected chi connectivity index (χ0v) is 24.1. The van der Waals surface area contributed by atoms with Crippen LogP contribution in [0.15, 0.2) is 59.8 Å². The van der Waals surface area contributed by atoms with Gasteiger partial charge in [0, 0.05) is 36.6 Å². The molecule has 2 aromatic carbocycles. The summed E-state index contributed by atoms with van der Waals surface area (Å²) in [7, 11) is 3.19. The molecule has 0 bridgehead atoms. The van der Waals surface area contributed by atoms with Gasteiger partial charge in [-0.15, -0.1) is 0 Å². The third-order valence-corrected chi connectivity index (χ3v) is 7.14. The SMILES string of the molecule is CC.CCN(CC)C(=S)Sc1cnccc1NC(=O)c1ccc2nc(-c3ccc(OC)c(OC)c3)[nH]c2c1. The molecule has 2 N–H and O–H groups in total. The van der Waals surface area contributed by atoms with E-state index in [-0.39, 0.29) is 5.91 Å². The minimum Gasteiger partial charge on any atom is -0.493 e. The number of ether oxygens (including phenoxy) is 2. The summed E-state index contributed by atoms with van der Waals surface area (Å²) in [4.78, 5) is 28.2. The standard InChI is InChI=1S/C26H27N5O3S2.C2H6/c1-5-31(6-2)26(35)36-23-15-27-12-11-19(23)30-25(32)17-7-9-18-20(13-17)29-24(28-18)16-8-10-21(33-3)22(14-16)34-4;1-2/h7-15H,5-6H2,1-4H3,(H,28,29)(H,27,30,32);1-2H3. The number of anilines is 1. The number of thiocarbonyl (C=S) groups is 1. The Kier molecular flexibility index (Phi) is 10.5. The van der Waals surface area contributed by atoms with Gasteiger partial charge in [-0.1, -0.05) is 37.8 Å². The topological polar surface area (TPSA) is 92.4 Å². The number of H-pyrrole nitrogens is 1. The van der Waals surface area contributed by atoms with Crippen molar-refractivity contribution in [2.75, 3.05) is 32.6 Å². The molecule has 0 atom stereocenters. The summed E-state index contributed by atoms with van der Waals surface area (Å²) in [6.07, 6.45) is 3.36. The average Bonchev–Trinajstić information content (AvgIpc) is 3.39. The smallest absolute Gasteiger partial charge is 0.255 e. The quantitative estimate of drug-likeness (QED) is 0.186. The second kappa shape index (κ2) is 13.8. The van der Waals surface area contributed by atoms with E-state index in [2.05, 4.69) is 39.0 Å². The summed E-state index contributed by atoms with van der Waals surface area (Å²) in [6, 6.07) is 12.7. The largest absolute Gasteiger partial charge is 0.493 e. The Labute approximate surface area is 233 Å². The van der Waals surface area contributed by atoms with Gasteiger partial charge >= 0.3 is 0 Å². The summed E-state index contributed by atoms with van der Waals surface area (Å²) >= 11 is 6.99. The Hall–Kier alpha value is -3.63. The minimum absolute atomic E-state index is 0.235. The van der Waals surface area contributed by atoms with Gasteiger partial charge in [0.1, 0.15) is 10.1 Å². The molecule has 0 unspecified atom stereocenters. The number of imidazole rings is 1. The van der Waals surface area contributed by atoms with Gasteiger partial charge in [-0.25, -0.2) is 4.98 Å². The van der Waals surface area contributed by atoms with Crippen molar-refractivity contribution in [2.45, 2.75) is 32.6 Å². The van der Waals surface area contributed by atoms with Crippen LogP contribution in [0.5, 0.6) is 11.5 Å². The molecule has 0 radical (unpaired) electrons. The average molecular weight is 552 g/mol. The monoisotopic (exact) mass is 551 g/mol. The summed E-state index contributed by atoms with van der Waals surface area (Å²) in [5, 5.41) is 3.00. The van der Waals surface area contributed by atoms with E-state index in [1.807, 2.05) is 38.1 Å². The third kappa shape index (κ3) is 6.62. The maximum absolute atomic E-state index is 13.1. The van der Waals surface area contributed by atoms with E-state index in [1.165, 1.54) is 11.8 Å². The third-order valence-electron chi connectivity index (χ3n) is 5.65. The van der Waals surface area contributed by atoms with Crippen molar-refractivity contribution in [3.63, 3.8) is 0 Å². The second-order valence-electron chi connectivity index (χ2n) is 7.75. The summed E-state index contributed by atoms with van der Waals surface area (Å²) in [6.45, 7) is 9.76. The molecule has 0 fully saturated rings. The molecule has 2 aromatic heterocycles. The van der Waals surface area contributed by atoms with Gasteiger partial charge in [0.15, 0.2) is 11.5 Å². The van der Waals surface area contributed by atoms with Gasteiger partial charge in [-0.3, -0.25) is 9.78 Å². The first-order valence-electron chi connectivity index (χ1n) is 12.4. The summed E-state index contributed by atoms with van der Waals surface area (Å²) in [5.74, 6) is 1.69. The van der Waals surface area contributed by atoms with Gasteiger partial charge in [0.25, 0.3) is 5.91 Å². The lowest BCUT2D eigenvalue weighted by Gasteiger charge is -2.21. The van der Waals surface area contributed by atoms with E-state index in [4.69, 9.17) is 21.7 Å². The number of pyridine rings is 1. The fraction of sp³-hybridized carbons (Fsp3) is 0.286. The van der Waals surface area contributed by atoms with Crippen LogP contribution in [0.2, 0.25) is 0 Å². The van der Waals surface area contributed by atoms with E-state index in [0.29, 0.717) is 28.6 Å². The molecule has 8 nitrogen and oxygen atoms in total. The van der Waals surface area contributed by atoms with E-state index >= 15 is 0 Å². The van der Waals surface area contributed by atoms with Gasteiger partial charge in [-0.05, 0) is 56.3 Å². The summed E-state index contributed by atoms with van der Waals surface area (Å²) < 4.78 is 11.5. The predicted octanol–water partition coefficient (Wildman–Crippen LogP) is 6.64. The second-order valence-corrected chi connectivity index (χ2v) is 9.43. The van der Waals surface area contributed by atoms with Crippen LogP contribution in [0.25, 0.3) is 22.4 Å². The molecule has 0 saturated heterocycles. The Morgan fingerprint density at radius 2 is 1.79 bits per heavy atom. The van der Waals surface area contributed by atoms with E-state index < -0.39 is 0 Å². The van der Waals surface area contributed by atoms with Crippen LogP contribution >= 0.6 is 24.0 Å². The molecule has 0 aliphatic rings. The number of nitrogens with zero attached hydrogens (tertiary/aromatic N) is 3. The first-order valence-corrected chi connectivity index (χ1v) is 13.6. The Bertz CT molecular complexity index is 1400. The molecular weight excluding hydrogens is 518 g/mol. The first-order chi connectivity index (χ1) is 18.5. The highest BCUT2D eigenvalue weighted by atomic mass is 32.2. The number of fused-ring (bicyclic) bond motifs is 1. The van der Waals surface area contributed by atoms with Crippen LogP contribution in [0.4, 0.5) is 5.69 Å². The maximum atomic E-state index is 13.1. The number of aromatic nitrogens is 3. The molecular formula is C28H33N5O3S2. The van der Waals surface area contributed by atoms with Gasteiger partial charge in [-0.2, -0.15) is 0 Å². The Morgan fingerprint density at radius 3 is 2.47 bits per heavy atom.